The van der Waals surface area contributed by atoms with Crippen molar-refractivity contribution in [1.82, 2.24) is 4.98 Å². The number of carbonyl (C=O) groups is 2. The SMILES string of the molecule is O=C(O)Cc1ccncc1CC(=O)O. The topological polar surface area (TPSA) is 87.5 Å². The second-order valence-electron chi connectivity index (χ2n) is 2.79. The van der Waals surface area contributed by atoms with Crippen LogP contribution in [0.3, 0.4) is 0 Å². The van der Waals surface area contributed by atoms with E-state index in [4.69, 9.17) is 10.2 Å². The zero-order chi connectivity index (χ0) is 10.6. The second-order valence-corrected chi connectivity index (χ2v) is 2.79. The van der Waals surface area contributed by atoms with E-state index in [0.717, 1.165) is 0 Å². The van der Waals surface area contributed by atoms with Gasteiger partial charge in [0, 0.05) is 12.4 Å². The fourth-order valence-electron chi connectivity index (χ4n) is 1.11. The smallest absolute Gasteiger partial charge is 0.307 e. The summed E-state index contributed by atoms with van der Waals surface area (Å²) in [5.74, 6) is -1.98. The van der Waals surface area contributed by atoms with Gasteiger partial charge in [-0.2, -0.15) is 0 Å². The average Bonchev–Trinajstić information content (AvgIpc) is 2.06. The molecule has 0 amide bonds. The summed E-state index contributed by atoms with van der Waals surface area (Å²) < 4.78 is 0. The van der Waals surface area contributed by atoms with Crippen LogP contribution in [-0.2, 0) is 22.4 Å². The Labute approximate surface area is 80.0 Å². The quantitative estimate of drug-likeness (QED) is 0.723. The van der Waals surface area contributed by atoms with Gasteiger partial charge in [0.25, 0.3) is 0 Å². The van der Waals surface area contributed by atoms with Gasteiger partial charge in [0.15, 0.2) is 0 Å². The molecule has 0 aliphatic rings. The van der Waals surface area contributed by atoms with Crippen molar-refractivity contribution >= 4 is 11.9 Å². The first-order valence-electron chi connectivity index (χ1n) is 3.95. The molecule has 0 aromatic carbocycles. The van der Waals surface area contributed by atoms with Crippen LogP contribution in [-0.4, -0.2) is 27.1 Å². The summed E-state index contributed by atoms with van der Waals surface area (Å²) in [7, 11) is 0. The molecule has 1 aromatic rings. The van der Waals surface area contributed by atoms with Crippen molar-refractivity contribution in [2.24, 2.45) is 0 Å². The van der Waals surface area contributed by atoms with Crippen LogP contribution >= 0.6 is 0 Å². The Morgan fingerprint density at radius 1 is 1.14 bits per heavy atom. The lowest BCUT2D eigenvalue weighted by atomic mass is 10.1. The highest BCUT2D eigenvalue weighted by atomic mass is 16.4. The molecule has 0 radical (unpaired) electrons. The van der Waals surface area contributed by atoms with Gasteiger partial charge in [0.05, 0.1) is 12.8 Å². The molecule has 1 heterocycles. The molecule has 5 heteroatoms. The zero-order valence-corrected chi connectivity index (χ0v) is 7.30. The van der Waals surface area contributed by atoms with Gasteiger partial charge in [-0.15, -0.1) is 0 Å². The van der Waals surface area contributed by atoms with Crippen LogP contribution in [0.25, 0.3) is 0 Å². The average molecular weight is 195 g/mol. The van der Waals surface area contributed by atoms with E-state index in [9.17, 15) is 9.59 Å². The van der Waals surface area contributed by atoms with E-state index < -0.39 is 11.9 Å². The number of carboxylic acid groups (broad SMARTS) is 2. The lowest BCUT2D eigenvalue weighted by molar-refractivity contribution is -0.137. The maximum absolute atomic E-state index is 10.4. The minimum Gasteiger partial charge on any atom is -0.481 e. The van der Waals surface area contributed by atoms with E-state index in [1.807, 2.05) is 0 Å². The number of aromatic nitrogens is 1. The summed E-state index contributed by atoms with van der Waals surface area (Å²) in [6.07, 6.45) is 2.46. The number of carboxylic acids is 2. The minimum atomic E-state index is -0.996. The van der Waals surface area contributed by atoms with Crippen LogP contribution in [0.1, 0.15) is 11.1 Å². The predicted octanol–water partition coefficient (Wildman–Crippen LogP) is 0.336. The molecule has 0 unspecified atom stereocenters. The first kappa shape index (κ1) is 10.2. The van der Waals surface area contributed by atoms with E-state index in [1.165, 1.54) is 18.5 Å². The molecule has 0 spiro atoms. The lowest BCUT2D eigenvalue weighted by Gasteiger charge is -2.03. The van der Waals surface area contributed by atoms with Crippen molar-refractivity contribution in [1.29, 1.82) is 0 Å². The number of rotatable bonds is 4. The summed E-state index contributed by atoms with van der Waals surface area (Å²) in [6, 6.07) is 1.52. The molecule has 0 saturated carbocycles. The standard InChI is InChI=1S/C9H9NO4/c11-8(12)3-6-1-2-10-5-7(6)4-9(13)14/h1-2,5H,3-4H2,(H,11,12)(H,13,14). The Bertz CT molecular complexity index is 327. The van der Waals surface area contributed by atoms with Gasteiger partial charge in [0.1, 0.15) is 0 Å². The van der Waals surface area contributed by atoms with Gasteiger partial charge in [-0.3, -0.25) is 14.6 Å². The predicted molar refractivity (Wildman–Crippen MR) is 46.9 cm³/mol. The van der Waals surface area contributed by atoms with Crippen LogP contribution in [0.15, 0.2) is 18.5 Å². The number of hydrogen-bond donors (Lipinski definition) is 2. The number of hydrogen-bond acceptors (Lipinski definition) is 3. The molecule has 74 valence electrons. The molecule has 5 nitrogen and oxygen atoms in total. The zero-order valence-electron chi connectivity index (χ0n) is 7.30. The molecule has 0 fully saturated rings. The summed E-state index contributed by atoms with van der Waals surface area (Å²) >= 11 is 0. The molecule has 0 saturated heterocycles. The van der Waals surface area contributed by atoms with Crippen molar-refractivity contribution < 1.29 is 19.8 Å². The third-order valence-corrected chi connectivity index (χ3v) is 1.69. The highest BCUT2D eigenvalue weighted by molar-refractivity contribution is 5.74. The van der Waals surface area contributed by atoms with Crippen molar-refractivity contribution in [3.8, 4) is 0 Å². The van der Waals surface area contributed by atoms with E-state index in [1.54, 1.807) is 0 Å². The maximum atomic E-state index is 10.4. The van der Waals surface area contributed by atoms with Crippen molar-refractivity contribution in [3.05, 3.63) is 29.6 Å². The number of nitrogens with zero attached hydrogens (tertiary/aromatic N) is 1. The Kier molecular flexibility index (Phi) is 3.17. The molecule has 1 rings (SSSR count). The largest absolute Gasteiger partial charge is 0.481 e. The molecule has 0 atom stereocenters. The van der Waals surface area contributed by atoms with Crippen LogP contribution < -0.4 is 0 Å². The van der Waals surface area contributed by atoms with Gasteiger partial charge in [-0.25, -0.2) is 0 Å². The van der Waals surface area contributed by atoms with Crippen LogP contribution in [0.2, 0.25) is 0 Å². The highest BCUT2D eigenvalue weighted by Crippen LogP contribution is 2.08. The van der Waals surface area contributed by atoms with E-state index in [0.29, 0.717) is 11.1 Å². The van der Waals surface area contributed by atoms with Gasteiger partial charge >= 0.3 is 11.9 Å². The van der Waals surface area contributed by atoms with Crippen LogP contribution in [0.5, 0.6) is 0 Å². The van der Waals surface area contributed by atoms with Crippen molar-refractivity contribution in [3.63, 3.8) is 0 Å². The van der Waals surface area contributed by atoms with E-state index >= 15 is 0 Å². The Balaban J connectivity index is 2.90. The van der Waals surface area contributed by atoms with Crippen molar-refractivity contribution in [2.45, 2.75) is 12.8 Å². The summed E-state index contributed by atoms with van der Waals surface area (Å²) in [6.45, 7) is 0. The lowest BCUT2D eigenvalue weighted by Crippen LogP contribution is -2.08. The second kappa shape index (κ2) is 4.36. The number of pyridine rings is 1. The normalized spacial score (nSPS) is 9.71. The number of aliphatic carboxylic acids is 2. The van der Waals surface area contributed by atoms with Gasteiger partial charge in [-0.1, -0.05) is 0 Å². The van der Waals surface area contributed by atoms with E-state index in [-0.39, 0.29) is 12.8 Å². The molecular formula is C9H9NO4. The monoisotopic (exact) mass is 195 g/mol. The van der Waals surface area contributed by atoms with E-state index in [2.05, 4.69) is 4.98 Å². The molecule has 2 N–H and O–H groups in total. The third-order valence-electron chi connectivity index (χ3n) is 1.69. The first-order chi connectivity index (χ1) is 6.59. The fraction of sp³-hybridized carbons (Fsp3) is 0.222. The summed E-state index contributed by atoms with van der Waals surface area (Å²) in [5, 5.41) is 17.1. The molecule has 0 bridgehead atoms. The maximum Gasteiger partial charge on any atom is 0.307 e. The van der Waals surface area contributed by atoms with Gasteiger partial charge in [-0.05, 0) is 17.2 Å². The molecule has 14 heavy (non-hydrogen) atoms. The van der Waals surface area contributed by atoms with Gasteiger partial charge < -0.3 is 10.2 Å². The van der Waals surface area contributed by atoms with Gasteiger partial charge in [0.2, 0.25) is 0 Å². The molecule has 0 aliphatic carbocycles. The molecule has 0 aliphatic heterocycles. The Morgan fingerprint density at radius 2 is 1.71 bits per heavy atom. The first-order valence-corrected chi connectivity index (χ1v) is 3.95. The third kappa shape index (κ3) is 2.85. The van der Waals surface area contributed by atoms with Crippen LogP contribution in [0.4, 0.5) is 0 Å². The minimum absolute atomic E-state index is 0.175. The van der Waals surface area contributed by atoms with Crippen LogP contribution in [0, 0.1) is 0 Å². The van der Waals surface area contributed by atoms with Crippen molar-refractivity contribution in [2.75, 3.05) is 0 Å². The Morgan fingerprint density at radius 3 is 2.29 bits per heavy atom. The summed E-state index contributed by atoms with van der Waals surface area (Å²) in [5.41, 5.74) is 0.942. The molecule has 1 aromatic heterocycles. The summed E-state index contributed by atoms with van der Waals surface area (Å²) in [4.78, 5) is 24.6. The Hall–Kier alpha value is -1.91. The highest BCUT2D eigenvalue weighted by Gasteiger charge is 2.09. The fourth-order valence-corrected chi connectivity index (χ4v) is 1.11. The molecular weight excluding hydrogens is 186 g/mol.